The number of hydrogen-bond donors (Lipinski definition) is 1. The molecule has 5 nitrogen and oxygen atoms in total. The Morgan fingerprint density at radius 3 is 2.87 bits per heavy atom. The van der Waals surface area contributed by atoms with Crippen molar-refractivity contribution in [2.45, 2.75) is 32.2 Å². The summed E-state index contributed by atoms with van der Waals surface area (Å²) >= 11 is 3.30. The Bertz CT molecular complexity index is 610. The minimum absolute atomic E-state index is 0.227. The first kappa shape index (κ1) is 17.8. The Morgan fingerprint density at radius 2 is 2.22 bits per heavy atom. The van der Waals surface area contributed by atoms with Gasteiger partial charge in [-0.2, -0.15) is 0 Å². The fourth-order valence-electron chi connectivity index (χ4n) is 2.35. The molecule has 0 aromatic heterocycles. The van der Waals surface area contributed by atoms with Gasteiger partial charge < -0.3 is 15.2 Å². The molecule has 1 heterocycles. The van der Waals surface area contributed by atoms with E-state index in [-0.39, 0.29) is 12.6 Å². The summed E-state index contributed by atoms with van der Waals surface area (Å²) in [5, 5.41) is 0. The van der Waals surface area contributed by atoms with Crippen LogP contribution in [0.15, 0.2) is 46.6 Å². The van der Waals surface area contributed by atoms with Crippen molar-refractivity contribution in [2.75, 3.05) is 13.2 Å². The van der Waals surface area contributed by atoms with Crippen LogP contribution < -0.4 is 5.73 Å². The van der Waals surface area contributed by atoms with E-state index in [0.717, 1.165) is 10.0 Å². The van der Waals surface area contributed by atoms with Crippen molar-refractivity contribution in [3.63, 3.8) is 0 Å². The van der Waals surface area contributed by atoms with Crippen LogP contribution in [0.4, 0.5) is 4.79 Å². The second kappa shape index (κ2) is 7.79. The van der Waals surface area contributed by atoms with Gasteiger partial charge in [-0.15, -0.1) is 5.73 Å². The van der Waals surface area contributed by atoms with E-state index in [1.54, 1.807) is 11.0 Å². The highest BCUT2D eigenvalue weighted by molar-refractivity contribution is 9.11. The molecule has 1 atom stereocenters. The maximum absolute atomic E-state index is 12.5. The highest BCUT2D eigenvalue weighted by Gasteiger charge is 2.43. The number of rotatable bonds is 4. The lowest BCUT2D eigenvalue weighted by Gasteiger charge is -2.31. The number of carbonyl (C=O) groups is 1. The molecule has 1 fully saturated rings. The van der Waals surface area contributed by atoms with Crippen molar-refractivity contribution in [1.82, 2.24) is 4.90 Å². The molecule has 0 radical (unpaired) electrons. The molecule has 1 aliphatic rings. The van der Waals surface area contributed by atoms with Crippen LogP contribution in [0.25, 0.3) is 0 Å². The molecule has 0 unspecified atom stereocenters. The van der Waals surface area contributed by atoms with Crippen molar-refractivity contribution in [3.8, 4) is 0 Å². The largest absolute Gasteiger partial charge is 0.444 e. The summed E-state index contributed by atoms with van der Waals surface area (Å²) in [6.07, 6.45) is 1.36. The zero-order chi connectivity index (χ0) is 16.9. The third-order valence-electron chi connectivity index (χ3n) is 3.53. The number of ether oxygens (including phenoxy) is 2. The predicted molar refractivity (Wildman–Crippen MR) is 91.9 cm³/mol. The Kier molecular flexibility index (Phi) is 6.02. The molecular weight excluding hydrogens is 360 g/mol. The number of benzene rings is 1. The molecule has 23 heavy (non-hydrogen) atoms. The number of nitrogens with zero attached hydrogens (tertiary/aromatic N) is 1. The number of amides is 1. The molecule has 1 amide bonds. The molecule has 2 rings (SSSR count). The summed E-state index contributed by atoms with van der Waals surface area (Å²) in [5.41, 5.74) is 8.75. The lowest BCUT2D eigenvalue weighted by molar-refractivity contribution is -0.0479. The molecule has 124 valence electrons. The second-order valence-electron chi connectivity index (χ2n) is 5.66. The molecule has 1 saturated heterocycles. The number of nitrogens with two attached hydrogens (primary N) is 1. The van der Waals surface area contributed by atoms with Gasteiger partial charge in [-0.1, -0.05) is 30.3 Å². The van der Waals surface area contributed by atoms with Crippen molar-refractivity contribution in [3.05, 3.63) is 52.2 Å². The van der Waals surface area contributed by atoms with Crippen molar-refractivity contribution in [1.29, 1.82) is 0 Å². The van der Waals surface area contributed by atoms with Crippen LogP contribution in [0, 0.1) is 0 Å². The van der Waals surface area contributed by atoms with Crippen LogP contribution in [0.3, 0.4) is 0 Å². The fourth-order valence-corrected chi connectivity index (χ4v) is 2.48. The van der Waals surface area contributed by atoms with Crippen LogP contribution in [0.2, 0.25) is 0 Å². The van der Waals surface area contributed by atoms with Gasteiger partial charge >= 0.3 is 6.09 Å². The third-order valence-corrected chi connectivity index (χ3v) is 4.09. The topological polar surface area (TPSA) is 64.8 Å². The van der Waals surface area contributed by atoms with Crippen LogP contribution in [-0.4, -0.2) is 35.9 Å². The molecule has 0 aliphatic carbocycles. The summed E-state index contributed by atoms with van der Waals surface area (Å²) in [7, 11) is 0. The molecule has 2 N–H and O–H groups in total. The van der Waals surface area contributed by atoms with E-state index in [4.69, 9.17) is 15.2 Å². The lowest BCUT2D eigenvalue weighted by atomic mass is 10.2. The smallest absolute Gasteiger partial charge is 0.412 e. The quantitative estimate of drug-likeness (QED) is 0.814. The van der Waals surface area contributed by atoms with Crippen molar-refractivity contribution >= 4 is 22.0 Å². The highest BCUT2D eigenvalue weighted by Crippen LogP contribution is 2.29. The summed E-state index contributed by atoms with van der Waals surface area (Å²) in [4.78, 5) is 14.1. The minimum Gasteiger partial charge on any atom is -0.444 e. The van der Waals surface area contributed by atoms with E-state index < -0.39 is 11.8 Å². The zero-order valence-corrected chi connectivity index (χ0v) is 14.9. The minimum atomic E-state index is -0.730. The Morgan fingerprint density at radius 1 is 1.52 bits per heavy atom. The Hall–Kier alpha value is -1.59. The van der Waals surface area contributed by atoms with Gasteiger partial charge in [0, 0.05) is 6.54 Å². The van der Waals surface area contributed by atoms with E-state index in [1.165, 1.54) is 0 Å². The summed E-state index contributed by atoms with van der Waals surface area (Å²) in [6, 6.07) is 9.33. The van der Waals surface area contributed by atoms with Crippen molar-refractivity contribution in [2.24, 2.45) is 5.73 Å². The Labute approximate surface area is 144 Å². The molecule has 0 bridgehead atoms. The molecule has 0 saturated carbocycles. The standard InChI is InChI=1S/C17H21BrN2O3/c1-17(2)20(15(12-23-17)9-8-14(18)10-19)16(21)22-11-13-6-4-3-5-7-13/h3-7,9,15H,10-12,19H2,1-2H3/t8?,15-/m0/s1. The van der Waals surface area contributed by atoms with E-state index in [0.29, 0.717) is 13.2 Å². The monoisotopic (exact) mass is 380 g/mol. The maximum Gasteiger partial charge on any atom is 0.412 e. The third kappa shape index (κ3) is 4.69. The molecular formula is C17H21BrN2O3. The van der Waals surface area contributed by atoms with E-state index in [9.17, 15) is 4.79 Å². The summed E-state index contributed by atoms with van der Waals surface area (Å²) in [5.74, 6) is 0. The zero-order valence-electron chi connectivity index (χ0n) is 13.3. The van der Waals surface area contributed by atoms with E-state index >= 15 is 0 Å². The number of hydrogen-bond acceptors (Lipinski definition) is 4. The average molecular weight is 381 g/mol. The van der Waals surface area contributed by atoms with Gasteiger partial charge in [0.15, 0.2) is 0 Å². The van der Waals surface area contributed by atoms with E-state index in [2.05, 4.69) is 21.7 Å². The van der Waals surface area contributed by atoms with Gasteiger partial charge in [-0.3, -0.25) is 4.90 Å². The summed E-state index contributed by atoms with van der Waals surface area (Å²) < 4.78 is 11.9. The van der Waals surface area contributed by atoms with Gasteiger partial charge in [-0.05, 0) is 41.4 Å². The van der Waals surface area contributed by atoms with Crippen LogP contribution >= 0.6 is 15.9 Å². The average Bonchev–Trinajstić information content (AvgIpc) is 2.86. The Balaban J connectivity index is 2.09. The molecule has 0 spiro atoms. The van der Waals surface area contributed by atoms with E-state index in [1.807, 2.05) is 44.2 Å². The fraction of sp³-hybridized carbons (Fsp3) is 0.412. The first-order valence-electron chi connectivity index (χ1n) is 7.39. The van der Waals surface area contributed by atoms with Gasteiger partial charge in [0.05, 0.1) is 17.1 Å². The van der Waals surface area contributed by atoms with Crippen molar-refractivity contribution < 1.29 is 14.3 Å². The molecule has 1 aromatic rings. The van der Waals surface area contributed by atoms with Crippen LogP contribution in [0.5, 0.6) is 0 Å². The predicted octanol–water partition coefficient (Wildman–Crippen LogP) is 3.15. The SMILES string of the molecule is CC1(C)OC[C@H](C=C=C(Br)CN)N1C(=O)OCc1ccccc1. The highest BCUT2D eigenvalue weighted by atomic mass is 79.9. The van der Waals surface area contributed by atoms with Crippen LogP contribution in [-0.2, 0) is 16.1 Å². The molecule has 1 aliphatic heterocycles. The molecule has 6 heteroatoms. The second-order valence-corrected chi connectivity index (χ2v) is 6.61. The molecule has 1 aromatic carbocycles. The van der Waals surface area contributed by atoms with Crippen LogP contribution in [0.1, 0.15) is 19.4 Å². The van der Waals surface area contributed by atoms with Gasteiger partial charge in [0.25, 0.3) is 0 Å². The maximum atomic E-state index is 12.5. The normalized spacial score (nSPS) is 19.1. The van der Waals surface area contributed by atoms with Gasteiger partial charge in [0.2, 0.25) is 0 Å². The first-order valence-corrected chi connectivity index (χ1v) is 8.18. The number of carbonyl (C=O) groups excluding carboxylic acids is 1. The van der Waals surface area contributed by atoms with Gasteiger partial charge in [0.1, 0.15) is 12.3 Å². The first-order chi connectivity index (χ1) is 10.9. The summed E-state index contributed by atoms with van der Waals surface area (Å²) in [6.45, 7) is 4.65. The number of halogens is 1. The lowest BCUT2D eigenvalue weighted by Crippen LogP contribution is -2.47. The van der Waals surface area contributed by atoms with Gasteiger partial charge in [-0.25, -0.2) is 4.79 Å².